The lowest BCUT2D eigenvalue weighted by atomic mass is 10.3. The van der Waals surface area contributed by atoms with E-state index in [1.165, 1.54) is 7.11 Å². The molecule has 0 saturated carbocycles. The molecule has 1 aromatic rings. The van der Waals surface area contributed by atoms with Crippen molar-refractivity contribution in [1.29, 1.82) is 0 Å². The zero-order chi connectivity index (χ0) is 12.9. The molecule has 0 aliphatic carbocycles. The summed E-state index contributed by atoms with van der Waals surface area (Å²) in [5, 5.41) is 8.60. The van der Waals surface area contributed by atoms with E-state index in [9.17, 15) is 8.42 Å². The van der Waals surface area contributed by atoms with E-state index in [1.54, 1.807) is 18.2 Å². The van der Waals surface area contributed by atoms with Gasteiger partial charge in [-0.2, -0.15) is 0 Å². The third-order valence-corrected chi connectivity index (χ3v) is 4.02. The van der Waals surface area contributed by atoms with Crippen LogP contribution in [0, 0.1) is 0 Å². The molecule has 7 heteroatoms. The van der Waals surface area contributed by atoms with Crippen molar-refractivity contribution in [2.45, 2.75) is 6.42 Å². The number of rotatable bonds is 6. The second kappa shape index (κ2) is 6.23. The van der Waals surface area contributed by atoms with Gasteiger partial charge < -0.3 is 9.84 Å². The van der Waals surface area contributed by atoms with Gasteiger partial charge in [-0.15, -0.1) is 0 Å². The van der Waals surface area contributed by atoms with Crippen LogP contribution in [0.25, 0.3) is 0 Å². The Hall–Kier alpha value is -0.790. The van der Waals surface area contributed by atoms with Gasteiger partial charge in [-0.1, -0.05) is 0 Å². The zero-order valence-corrected chi connectivity index (χ0v) is 11.7. The Morgan fingerprint density at radius 1 is 1.47 bits per heavy atom. The van der Waals surface area contributed by atoms with E-state index < -0.39 is 10.0 Å². The van der Waals surface area contributed by atoms with Crippen LogP contribution in [0.3, 0.4) is 0 Å². The van der Waals surface area contributed by atoms with Crippen molar-refractivity contribution in [3.05, 3.63) is 22.7 Å². The van der Waals surface area contributed by atoms with Gasteiger partial charge in [0.2, 0.25) is 10.0 Å². The first-order valence-electron chi connectivity index (χ1n) is 4.93. The lowest BCUT2D eigenvalue weighted by Crippen LogP contribution is -2.17. The van der Waals surface area contributed by atoms with Crippen molar-refractivity contribution in [3.8, 4) is 5.75 Å². The summed E-state index contributed by atoms with van der Waals surface area (Å²) in [7, 11) is -1.91. The van der Waals surface area contributed by atoms with Crippen LogP contribution in [0.1, 0.15) is 6.42 Å². The third kappa shape index (κ3) is 4.53. The standard InChI is InChI=1S/C10H14BrNO4S/c1-16-10-7-8(3-4-9(10)11)12-17(14,15)6-2-5-13/h3-4,7,12-13H,2,5-6H2,1H3. The lowest BCUT2D eigenvalue weighted by Gasteiger charge is -2.09. The van der Waals surface area contributed by atoms with Crippen LogP contribution in [0.4, 0.5) is 5.69 Å². The predicted octanol–water partition coefficient (Wildman–Crippen LogP) is 1.58. The van der Waals surface area contributed by atoms with Gasteiger partial charge in [-0.3, -0.25) is 4.72 Å². The minimum Gasteiger partial charge on any atom is -0.495 e. The summed E-state index contributed by atoms with van der Waals surface area (Å²) in [6, 6.07) is 4.91. The molecule has 2 N–H and O–H groups in total. The van der Waals surface area contributed by atoms with E-state index in [0.29, 0.717) is 11.4 Å². The number of hydrogen-bond acceptors (Lipinski definition) is 4. The molecule has 0 radical (unpaired) electrons. The smallest absolute Gasteiger partial charge is 0.232 e. The van der Waals surface area contributed by atoms with Crippen LogP contribution in [0.15, 0.2) is 22.7 Å². The highest BCUT2D eigenvalue weighted by Gasteiger charge is 2.11. The lowest BCUT2D eigenvalue weighted by molar-refractivity contribution is 0.295. The summed E-state index contributed by atoms with van der Waals surface area (Å²) in [6.07, 6.45) is 0.211. The summed E-state index contributed by atoms with van der Waals surface area (Å²) in [5.74, 6) is 0.439. The number of hydrogen-bond donors (Lipinski definition) is 2. The predicted molar refractivity (Wildman–Crippen MR) is 69.8 cm³/mol. The van der Waals surface area contributed by atoms with Crippen LogP contribution < -0.4 is 9.46 Å². The van der Waals surface area contributed by atoms with Gasteiger partial charge in [0.15, 0.2) is 0 Å². The monoisotopic (exact) mass is 323 g/mol. The summed E-state index contributed by atoms with van der Waals surface area (Å²) < 4.78 is 31.4. The second-order valence-electron chi connectivity index (χ2n) is 3.35. The van der Waals surface area contributed by atoms with E-state index in [-0.39, 0.29) is 18.8 Å². The SMILES string of the molecule is COc1cc(NS(=O)(=O)CCCO)ccc1Br. The van der Waals surface area contributed by atoms with Gasteiger partial charge in [0, 0.05) is 12.7 Å². The molecule has 0 saturated heterocycles. The Bertz CT molecular complexity index is 475. The summed E-state index contributed by atoms with van der Waals surface area (Å²) in [5.41, 5.74) is 0.433. The molecule has 5 nitrogen and oxygen atoms in total. The van der Waals surface area contributed by atoms with Crippen LogP contribution in [-0.2, 0) is 10.0 Å². The number of aliphatic hydroxyl groups excluding tert-OH is 1. The van der Waals surface area contributed by atoms with Crippen LogP contribution in [0.2, 0.25) is 0 Å². The Kier molecular flexibility index (Phi) is 5.23. The fraction of sp³-hybridized carbons (Fsp3) is 0.400. The molecule has 0 atom stereocenters. The maximum atomic E-state index is 11.6. The number of nitrogens with one attached hydrogen (secondary N) is 1. The highest BCUT2D eigenvalue weighted by Crippen LogP contribution is 2.28. The Morgan fingerprint density at radius 2 is 2.18 bits per heavy atom. The van der Waals surface area contributed by atoms with E-state index in [1.807, 2.05) is 0 Å². The summed E-state index contributed by atoms with van der Waals surface area (Å²) in [4.78, 5) is 0. The first-order valence-corrected chi connectivity index (χ1v) is 7.38. The molecule has 0 aromatic heterocycles. The second-order valence-corrected chi connectivity index (χ2v) is 6.04. The van der Waals surface area contributed by atoms with Gasteiger partial charge in [0.1, 0.15) is 5.75 Å². The Balaban J connectivity index is 2.81. The van der Waals surface area contributed by atoms with Gasteiger partial charge in [0.05, 0.1) is 23.0 Å². The molecule has 0 amide bonds. The van der Waals surface area contributed by atoms with Crippen molar-refractivity contribution in [2.24, 2.45) is 0 Å². The van der Waals surface area contributed by atoms with Crippen molar-refractivity contribution in [3.63, 3.8) is 0 Å². The summed E-state index contributed by atoms with van der Waals surface area (Å²) in [6.45, 7) is -0.148. The van der Waals surface area contributed by atoms with Gasteiger partial charge in [-0.25, -0.2) is 8.42 Å². The number of aliphatic hydroxyl groups is 1. The first kappa shape index (κ1) is 14.3. The highest BCUT2D eigenvalue weighted by molar-refractivity contribution is 9.10. The minimum absolute atomic E-state index is 0.109. The molecular weight excluding hydrogens is 310 g/mol. The highest BCUT2D eigenvalue weighted by atomic mass is 79.9. The topological polar surface area (TPSA) is 75.6 Å². The molecule has 0 fully saturated rings. The average molecular weight is 324 g/mol. The number of ether oxygens (including phenoxy) is 1. The van der Waals surface area contributed by atoms with Gasteiger partial charge in [-0.05, 0) is 34.5 Å². The quantitative estimate of drug-likeness (QED) is 0.833. The molecule has 0 heterocycles. The van der Waals surface area contributed by atoms with E-state index >= 15 is 0 Å². The average Bonchev–Trinajstić information content (AvgIpc) is 2.29. The fourth-order valence-electron chi connectivity index (χ4n) is 1.21. The van der Waals surface area contributed by atoms with E-state index in [4.69, 9.17) is 9.84 Å². The molecule has 96 valence electrons. The molecule has 0 bridgehead atoms. The maximum absolute atomic E-state index is 11.6. The fourth-order valence-corrected chi connectivity index (χ4v) is 2.71. The Morgan fingerprint density at radius 3 is 2.76 bits per heavy atom. The summed E-state index contributed by atoms with van der Waals surface area (Å²) >= 11 is 3.28. The third-order valence-electron chi connectivity index (χ3n) is 2.00. The van der Waals surface area contributed by atoms with Crippen molar-refractivity contribution in [2.75, 3.05) is 24.2 Å². The normalized spacial score (nSPS) is 11.2. The van der Waals surface area contributed by atoms with Crippen LogP contribution in [-0.4, -0.2) is 33.0 Å². The number of sulfonamides is 1. The zero-order valence-electron chi connectivity index (χ0n) is 9.31. The molecule has 1 rings (SSSR count). The van der Waals surface area contributed by atoms with Crippen molar-refractivity contribution < 1.29 is 18.3 Å². The van der Waals surface area contributed by atoms with Crippen LogP contribution in [0.5, 0.6) is 5.75 Å². The number of benzene rings is 1. The maximum Gasteiger partial charge on any atom is 0.232 e. The van der Waals surface area contributed by atoms with Crippen LogP contribution >= 0.6 is 15.9 Å². The van der Waals surface area contributed by atoms with E-state index in [2.05, 4.69) is 20.7 Å². The molecule has 1 aromatic carbocycles. The molecule has 0 aliphatic rings. The number of halogens is 1. The van der Waals surface area contributed by atoms with E-state index in [0.717, 1.165) is 4.47 Å². The molecule has 0 spiro atoms. The van der Waals surface area contributed by atoms with Crippen molar-refractivity contribution in [1.82, 2.24) is 0 Å². The number of anilines is 1. The molecule has 0 unspecified atom stereocenters. The first-order chi connectivity index (χ1) is 7.98. The minimum atomic E-state index is -3.42. The van der Waals surface area contributed by atoms with Gasteiger partial charge >= 0.3 is 0 Å². The molecule has 17 heavy (non-hydrogen) atoms. The molecule has 0 aliphatic heterocycles. The molecular formula is C10H14BrNO4S. The largest absolute Gasteiger partial charge is 0.495 e. The number of methoxy groups -OCH3 is 1. The van der Waals surface area contributed by atoms with Gasteiger partial charge in [0.25, 0.3) is 0 Å². The Labute approximate surface area is 109 Å². The van der Waals surface area contributed by atoms with Crippen molar-refractivity contribution >= 4 is 31.6 Å².